The van der Waals surface area contributed by atoms with Crippen molar-refractivity contribution in [2.75, 3.05) is 19.5 Å². The number of hydrogen-bond acceptors (Lipinski definition) is 6. The summed E-state index contributed by atoms with van der Waals surface area (Å²) >= 11 is 3.37. The summed E-state index contributed by atoms with van der Waals surface area (Å²) in [5.41, 5.74) is 4.42. The number of dihydropyridines is 1. The summed E-state index contributed by atoms with van der Waals surface area (Å²) < 4.78 is 11.9. The van der Waals surface area contributed by atoms with Crippen molar-refractivity contribution in [2.24, 2.45) is 0 Å². The Balaban J connectivity index is 1.61. The van der Waals surface area contributed by atoms with Crippen molar-refractivity contribution >= 4 is 33.4 Å². The minimum atomic E-state index is -0.619. The first-order valence-corrected chi connectivity index (χ1v) is 13.1. The molecule has 2 aliphatic rings. The second kappa shape index (κ2) is 10.8. The van der Waals surface area contributed by atoms with Crippen LogP contribution in [0.25, 0.3) is 0 Å². The number of nitrogens with zero attached hydrogens (tertiary/aromatic N) is 1. The van der Waals surface area contributed by atoms with Crippen LogP contribution in [0.3, 0.4) is 0 Å². The monoisotopic (exact) mass is 573 g/mol. The van der Waals surface area contributed by atoms with Crippen LogP contribution in [-0.2, 0) is 9.59 Å². The Morgan fingerprint density at radius 1 is 1.05 bits per heavy atom. The van der Waals surface area contributed by atoms with Crippen LogP contribution in [0.15, 0.2) is 93.9 Å². The van der Waals surface area contributed by atoms with Crippen molar-refractivity contribution in [3.05, 3.63) is 105 Å². The summed E-state index contributed by atoms with van der Waals surface area (Å²) in [6.07, 6.45) is 2.65. The third kappa shape index (κ3) is 4.96. The van der Waals surface area contributed by atoms with Gasteiger partial charge in [0.25, 0.3) is 5.91 Å². The van der Waals surface area contributed by atoms with Gasteiger partial charge in [-0.25, -0.2) is 4.98 Å². The molecule has 0 spiro atoms. The number of nitrogens with one attached hydrogen (secondary N) is 2. The predicted molar refractivity (Wildman–Crippen MR) is 149 cm³/mol. The minimum Gasteiger partial charge on any atom is -0.497 e. The molecule has 8 heteroatoms. The van der Waals surface area contributed by atoms with Gasteiger partial charge in [0.2, 0.25) is 0 Å². The van der Waals surface area contributed by atoms with Gasteiger partial charge in [0.15, 0.2) is 5.78 Å². The van der Waals surface area contributed by atoms with Crippen LogP contribution in [0.5, 0.6) is 11.5 Å². The van der Waals surface area contributed by atoms with Crippen molar-refractivity contribution < 1.29 is 19.1 Å². The number of rotatable bonds is 6. The number of aromatic nitrogens is 1. The van der Waals surface area contributed by atoms with Crippen LogP contribution < -0.4 is 20.1 Å². The molecule has 7 nitrogen and oxygen atoms in total. The maximum atomic E-state index is 13.9. The Morgan fingerprint density at radius 3 is 2.53 bits per heavy atom. The molecule has 194 valence electrons. The van der Waals surface area contributed by atoms with E-state index in [-0.39, 0.29) is 17.6 Å². The number of carbonyl (C=O) groups excluding carboxylic acids is 2. The van der Waals surface area contributed by atoms with E-state index in [9.17, 15) is 9.59 Å². The van der Waals surface area contributed by atoms with E-state index in [0.29, 0.717) is 47.0 Å². The summed E-state index contributed by atoms with van der Waals surface area (Å²) in [7, 11) is 3.16. The summed E-state index contributed by atoms with van der Waals surface area (Å²) in [6, 6.07) is 19.1. The molecular formula is C30H28BrN3O4. The van der Waals surface area contributed by atoms with Gasteiger partial charge in [0.1, 0.15) is 17.3 Å². The van der Waals surface area contributed by atoms with Crippen molar-refractivity contribution in [3.63, 3.8) is 0 Å². The molecule has 0 radical (unpaired) electrons. The van der Waals surface area contributed by atoms with Gasteiger partial charge < -0.3 is 20.1 Å². The van der Waals surface area contributed by atoms with Gasteiger partial charge in [-0.3, -0.25) is 9.59 Å². The zero-order valence-corrected chi connectivity index (χ0v) is 23.0. The normalized spacial score (nSPS) is 19.0. The zero-order valence-electron chi connectivity index (χ0n) is 21.4. The highest BCUT2D eigenvalue weighted by Gasteiger charge is 2.42. The molecular weight excluding hydrogens is 546 g/mol. The molecule has 0 saturated heterocycles. The number of hydrogen-bond donors (Lipinski definition) is 2. The number of ether oxygens (including phenoxy) is 2. The fourth-order valence-corrected chi connectivity index (χ4v) is 5.54. The molecule has 2 aromatic carbocycles. The molecule has 0 fully saturated rings. The van der Waals surface area contributed by atoms with Gasteiger partial charge in [0.05, 0.1) is 20.1 Å². The molecule has 5 rings (SSSR count). The third-order valence-electron chi connectivity index (χ3n) is 7.06. The van der Waals surface area contributed by atoms with E-state index in [1.165, 1.54) is 0 Å². The van der Waals surface area contributed by atoms with E-state index < -0.39 is 5.92 Å². The molecule has 0 unspecified atom stereocenters. The van der Waals surface area contributed by atoms with Crippen LogP contribution in [0.1, 0.15) is 42.7 Å². The van der Waals surface area contributed by atoms with E-state index in [2.05, 4.69) is 43.7 Å². The topological polar surface area (TPSA) is 89.5 Å². The molecule has 0 bridgehead atoms. The highest BCUT2D eigenvalue weighted by atomic mass is 79.9. The largest absolute Gasteiger partial charge is 0.497 e. The van der Waals surface area contributed by atoms with Crippen molar-refractivity contribution in [1.29, 1.82) is 0 Å². The first kappa shape index (κ1) is 25.7. The number of allylic oxidation sites excluding steroid dienone is 3. The number of ketones is 1. The van der Waals surface area contributed by atoms with Gasteiger partial charge in [-0.05, 0) is 59.0 Å². The lowest BCUT2D eigenvalue weighted by atomic mass is 9.71. The van der Waals surface area contributed by atoms with Crippen molar-refractivity contribution in [3.8, 4) is 11.5 Å². The number of methoxy groups -OCH3 is 2. The highest BCUT2D eigenvalue weighted by molar-refractivity contribution is 9.10. The van der Waals surface area contributed by atoms with Crippen LogP contribution in [0, 0.1) is 0 Å². The second-order valence-electron chi connectivity index (χ2n) is 9.35. The SMILES string of the molecule is COc1ccc([C@H]2C(C(=O)Nc3ccc(Br)cn3)=C(C)NC3=C2C(=O)C[C@@H](c2ccccc2)C3)c(OC)c1. The standard InChI is InChI=1S/C30H28BrN3O4/c1-17-27(30(36)34-26-12-9-20(31)16-32-26)28(22-11-10-21(37-2)15-25(22)38-3)29-23(33-17)13-19(14-24(29)35)18-7-5-4-6-8-18/h4-12,15-16,19,28,33H,13-14H2,1-3H3,(H,32,34,36)/t19-,28-/m0/s1. The first-order chi connectivity index (χ1) is 18.4. The van der Waals surface area contributed by atoms with Crippen molar-refractivity contribution in [1.82, 2.24) is 10.3 Å². The third-order valence-corrected chi connectivity index (χ3v) is 7.53. The maximum absolute atomic E-state index is 13.9. The maximum Gasteiger partial charge on any atom is 0.255 e. The van der Waals surface area contributed by atoms with Gasteiger partial charge >= 0.3 is 0 Å². The number of pyridine rings is 1. The Labute approximate surface area is 230 Å². The van der Waals surface area contributed by atoms with Gasteiger partial charge in [-0.2, -0.15) is 0 Å². The molecule has 1 aliphatic carbocycles. The molecule has 1 aliphatic heterocycles. The zero-order chi connectivity index (χ0) is 26.8. The molecule has 2 N–H and O–H groups in total. The van der Waals surface area contributed by atoms with Crippen molar-refractivity contribution in [2.45, 2.75) is 31.6 Å². The number of carbonyl (C=O) groups is 2. The molecule has 38 heavy (non-hydrogen) atoms. The molecule has 1 amide bonds. The van der Waals surface area contributed by atoms with E-state index in [1.807, 2.05) is 43.3 Å². The molecule has 2 atom stereocenters. The smallest absolute Gasteiger partial charge is 0.255 e. The Morgan fingerprint density at radius 2 is 1.84 bits per heavy atom. The van der Waals surface area contributed by atoms with Gasteiger partial charge in [0, 0.05) is 51.3 Å². The number of amides is 1. The van der Waals surface area contributed by atoms with Gasteiger partial charge in [-0.15, -0.1) is 0 Å². The van der Waals surface area contributed by atoms with Crippen LogP contribution in [-0.4, -0.2) is 30.9 Å². The van der Waals surface area contributed by atoms with Gasteiger partial charge in [-0.1, -0.05) is 36.4 Å². The number of anilines is 1. The van der Waals surface area contributed by atoms with E-state index in [1.54, 1.807) is 32.5 Å². The number of benzene rings is 2. The number of halogens is 1. The predicted octanol–water partition coefficient (Wildman–Crippen LogP) is 5.86. The molecule has 0 saturated carbocycles. The van der Waals surface area contributed by atoms with E-state index in [0.717, 1.165) is 21.3 Å². The molecule has 3 aromatic rings. The molecule has 1 aromatic heterocycles. The fraction of sp³-hybridized carbons (Fsp3) is 0.233. The fourth-order valence-electron chi connectivity index (χ4n) is 5.30. The average Bonchev–Trinajstić information content (AvgIpc) is 2.93. The van der Waals surface area contributed by atoms with E-state index >= 15 is 0 Å². The lowest BCUT2D eigenvalue weighted by Gasteiger charge is -2.37. The van der Waals surface area contributed by atoms with Crippen LogP contribution in [0.2, 0.25) is 0 Å². The van der Waals surface area contributed by atoms with E-state index in [4.69, 9.17) is 9.47 Å². The van der Waals surface area contributed by atoms with Crippen LogP contribution >= 0.6 is 15.9 Å². The van der Waals surface area contributed by atoms with Crippen LogP contribution in [0.4, 0.5) is 5.82 Å². The second-order valence-corrected chi connectivity index (χ2v) is 10.3. The Bertz CT molecular complexity index is 1450. The Kier molecular flexibility index (Phi) is 7.33. The summed E-state index contributed by atoms with van der Waals surface area (Å²) in [4.78, 5) is 31.9. The minimum absolute atomic E-state index is 0.00930. The quantitative estimate of drug-likeness (QED) is 0.384. The molecule has 2 heterocycles. The summed E-state index contributed by atoms with van der Waals surface area (Å²) in [5, 5.41) is 6.32. The lowest BCUT2D eigenvalue weighted by Crippen LogP contribution is -2.37. The summed E-state index contributed by atoms with van der Waals surface area (Å²) in [5.74, 6) is 0.694. The summed E-state index contributed by atoms with van der Waals surface area (Å²) in [6.45, 7) is 1.87. The first-order valence-electron chi connectivity index (χ1n) is 12.3. The Hall–Kier alpha value is -3.91. The highest BCUT2D eigenvalue weighted by Crippen LogP contribution is 2.48. The lowest BCUT2D eigenvalue weighted by molar-refractivity contribution is -0.116. The number of Topliss-reactive ketones (excluding diaryl/α,β-unsaturated/α-hetero) is 1. The average molecular weight is 574 g/mol.